The van der Waals surface area contributed by atoms with E-state index in [4.69, 9.17) is 19.3 Å². The molecule has 6 heteroatoms. The van der Waals surface area contributed by atoms with Crippen LogP contribution in [-0.4, -0.2) is 60.6 Å². The van der Waals surface area contributed by atoms with E-state index < -0.39 is 18.3 Å². The fourth-order valence-corrected chi connectivity index (χ4v) is 1.12. The summed E-state index contributed by atoms with van der Waals surface area (Å²) in [5.41, 5.74) is 0. The molecule has 1 rings (SSSR count). The molecule has 6 nitrogen and oxygen atoms in total. The van der Waals surface area contributed by atoms with Gasteiger partial charge in [-0.15, -0.1) is 0 Å². The number of methoxy groups -OCH3 is 1. The first-order valence-corrected chi connectivity index (χ1v) is 4.33. The molecule has 0 amide bonds. The van der Waals surface area contributed by atoms with E-state index in [1.165, 1.54) is 7.11 Å². The lowest BCUT2D eigenvalue weighted by Gasteiger charge is -2.12. The molecule has 1 radical (unpaired) electrons. The Kier molecular flexibility index (Phi) is 4.73. The molecule has 3 atom stereocenters. The van der Waals surface area contributed by atoms with E-state index in [2.05, 4.69) is 0 Å². The highest BCUT2D eigenvalue weighted by molar-refractivity contribution is 4.96. The monoisotopic (exact) mass is 207 g/mol. The topological polar surface area (TPSA) is 88.4 Å². The van der Waals surface area contributed by atoms with Crippen LogP contribution in [0.1, 0.15) is 0 Å². The van der Waals surface area contributed by atoms with Crippen LogP contribution in [0.3, 0.4) is 0 Å². The maximum atomic E-state index is 9.37. The van der Waals surface area contributed by atoms with Crippen LogP contribution in [0.15, 0.2) is 0 Å². The van der Waals surface area contributed by atoms with Crippen molar-refractivity contribution in [2.75, 3.05) is 26.9 Å². The summed E-state index contributed by atoms with van der Waals surface area (Å²) in [7, 11) is 1.52. The minimum absolute atomic E-state index is 0.0615. The van der Waals surface area contributed by atoms with Gasteiger partial charge in [-0.2, -0.15) is 0 Å². The first-order chi connectivity index (χ1) is 6.70. The summed E-state index contributed by atoms with van der Waals surface area (Å²) in [6.07, 6.45) is -3.22. The second-order valence-electron chi connectivity index (χ2n) is 2.93. The molecule has 0 bridgehead atoms. The predicted molar refractivity (Wildman–Crippen MR) is 45.0 cm³/mol. The third-order valence-corrected chi connectivity index (χ3v) is 1.93. The molecule has 1 aliphatic rings. The van der Waals surface area contributed by atoms with E-state index in [1.807, 2.05) is 0 Å². The molecule has 3 N–H and O–H groups in total. The predicted octanol–water partition coefficient (Wildman–Crippen LogP) is -1.75. The standard InChI is InChI=1S/C8H15O6/c1-12-2-3-13-8-7(11)6(10)5(4-9)14-8/h5-7,9-11H,2-4H2,1H3/t5-,6-,7-/m1/s1. The molecule has 0 saturated carbocycles. The van der Waals surface area contributed by atoms with Gasteiger partial charge in [0.1, 0.15) is 18.3 Å². The van der Waals surface area contributed by atoms with Crippen molar-refractivity contribution < 1.29 is 29.5 Å². The highest BCUT2D eigenvalue weighted by Gasteiger charge is 2.44. The van der Waals surface area contributed by atoms with Crippen LogP contribution in [0.5, 0.6) is 0 Å². The van der Waals surface area contributed by atoms with Crippen LogP contribution in [0, 0.1) is 6.29 Å². The Morgan fingerprint density at radius 1 is 1.36 bits per heavy atom. The second-order valence-corrected chi connectivity index (χ2v) is 2.93. The van der Waals surface area contributed by atoms with Crippen LogP contribution in [0.4, 0.5) is 0 Å². The first kappa shape index (κ1) is 11.8. The molecular formula is C8H15O6. The Morgan fingerprint density at radius 2 is 2.07 bits per heavy atom. The fraction of sp³-hybridized carbons (Fsp3) is 0.875. The van der Waals surface area contributed by atoms with Crippen molar-refractivity contribution in [1.29, 1.82) is 0 Å². The number of aliphatic hydroxyl groups is 3. The molecule has 0 aromatic carbocycles. The zero-order chi connectivity index (χ0) is 10.6. The van der Waals surface area contributed by atoms with Crippen molar-refractivity contribution in [2.45, 2.75) is 18.3 Å². The van der Waals surface area contributed by atoms with E-state index in [9.17, 15) is 10.2 Å². The average Bonchev–Trinajstić information content (AvgIpc) is 2.46. The molecule has 1 heterocycles. The van der Waals surface area contributed by atoms with E-state index in [0.29, 0.717) is 6.61 Å². The Labute approximate surface area is 82.0 Å². The third-order valence-electron chi connectivity index (χ3n) is 1.93. The van der Waals surface area contributed by atoms with Crippen molar-refractivity contribution in [3.05, 3.63) is 6.29 Å². The number of ether oxygens (including phenoxy) is 3. The molecule has 0 aliphatic carbocycles. The summed E-state index contributed by atoms with van der Waals surface area (Å²) >= 11 is 0. The van der Waals surface area contributed by atoms with E-state index >= 15 is 0 Å². The van der Waals surface area contributed by atoms with Crippen molar-refractivity contribution in [3.63, 3.8) is 0 Å². The van der Waals surface area contributed by atoms with E-state index in [1.54, 1.807) is 0 Å². The van der Waals surface area contributed by atoms with Crippen LogP contribution in [0.25, 0.3) is 0 Å². The van der Waals surface area contributed by atoms with E-state index in [0.717, 1.165) is 0 Å². The average molecular weight is 207 g/mol. The molecule has 14 heavy (non-hydrogen) atoms. The zero-order valence-electron chi connectivity index (χ0n) is 7.92. The summed E-state index contributed by atoms with van der Waals surface area (Å²) in [6.45, 7) is 0.225. The van der Waals surface area contributed by atoms with Gasteiger partial charge in [0.2, 0.25) is 0 Å². The minimum atomic E-state index is -1.20. The van der Waals surface area contributed by atoms with Gasteiger partial charge in [0.25, 0.3) is 6.29 Å². The normalized spacial score (nSPS) is 33.9. The molecule has 0 aromatic heterocycles. The third kappa shape index (κ3) is 2.63. The Morgan fingerprint density at radius 3 is 2.57 bits per heavy atom. The smallest absolute Gasteiger partial charge is 0.256 e. The van der Waals surface area contributed by atoms with Gasteiger partial charge in [-0.25, -0.2) is 0 Å². The minimum Gasteiger partial charge on any atom is -0.394 e. The largest absolute Gasteiger partial charge is 0.394 e. The SMILES string of the molecule is COCCO[C]1O[C@H](CO)[C@@H](O)[C@H]1O. The summed E-state index contributed by atoms with van der Waals surface area (Å²) in [5, 5.41) is 27.4. The van der Waals surface area contributed by atoms with Gasteiger partial charge in [-0.3, -0.25) is 0 Å². The molecular weight excluding hydrogens is 192 g/mol. The molecule has 0 unspecified atom stereocenters. The van der Waals surface area contributed by atoms with Crippen LogP contribution in [0.2, 0.25) is 0 Å². The van der Waals surface area contributed by atoms with Crippen molar-refractivity contribution in [1.82, 2.24) is 0 Å². The van der Waals surface area contributed by atoms with Gasteiger partial charge in [-0.1, -0.05) is 0 Å². The van der Waals surface area contributed by atoms with Crippen molar-refractivity contribution >= 4 is 0 Å². The Balaban J connectivity index is 2.32. The molecule has 1 fully saturated rings. The number of hydrogen-bond donors (Lipinski definition) is 3. The van der Waals surface area contributed by atoms with Gasteiger partial charge in [0.15, 0.2) is 0 Å². The summed E-state index contributed by atoms with van der Waals surface area (Å²) in [6, 6.07) is 0. The van der Waals surface area contributed by atoms with Crippen molar-refractivity contribution in [3.8, 4) is 0 Å². The number of hydrogen-bond acceptors (Lipinski definition) is 6. The van der Waals surface area contributed by atoms with Gasteiger partial charge in [-0.05, 0) is 0 Å². The van der Waals surface area contributed by atoms with Crippen LogP contribution >= 0.6 is 0 Å². The number of aliphatic hydroxyl groups excluding tert-OH is 3. The maximum absolute atomic E-state index is 9.37. The highest BCUT2D eigenvalue weighted by atomic mass is 16.7. The lowest BCUT2D eigenvalue weighted by molar-refractivity contribution is -0.0883. The van der Waals surface area contributed by atoms with Crippen molar-refractivity contribution in [2.24, 2.45) is 0 Å². The fourth-order valence-electron chi connectivity index (χ4n) is 1.12. The quantitative estimate of drug-likeness (QED) is 0.463. The van der Waals surface area contributed by atoms with Gasteiger partial charge in [0.05, 0.1) is 19.8 Å². The lowest BCUT2D eigenvalue weighted by Crippen LogP contribution is -2.32. The highest BCUT2D eigenvalue weighted by Crippen LogP contribution is 2.27. The van der Waals surface area contributed by atoms with Gasteiger partial charge >= 0.3 is 0 Å². The molecule has 0 spiro atoms. The zero-order valence-corrected chi connectivity index (χ0v) is 7.92. The Hall–Kier alpha value is -0.240. The van der Waals surface area contributed by atoms with Crippen LogP contribution < -0.4 is 0 Å². The van der Waals surface area contributed by atoms with E-state index in [-0.39, 0.29) is 19.5 Å². The molecule has 1 saturated heterocycles. The summed E-state index contributed by atoms with van der Waals surface area (Å²) in [4.78, 5) is 0. The Bertz CT molecular complexity index is 164. The lowest BCUT2D eigenvalue weighted by atomic mass is 10.1. The molecule has 0 aromatic rings. The van der Waals surface area contributed by atoms with Gasteiger partial charge < -0.3 is 29.5 Å². The number of rotatable bonds is 5. The molecule has 1 aliphatic heterocycles. The first-order valence-electron chi connectivity index (χ1n) is 4.33. The molecule has 83 valence electrons. The maximum Gasteiger partial charge on any atom is 0.256 e. The van der Waals surface area contributed by atoms with Gasteiger partial charge in [0, 0.05) is 7.11 Å². The summed E-state index contributed by atoms with van der Waals surface area (Å²) < 4.78 is 14.7. The summed E-state index contributed by atoms with van der Waals surface area (Å²) in [5.74, 6) is 0. The second kappa shape index (κ2) is 5.59. The van der Waals surface area contributed by atoms with Crippen LogP contribution in [-0.2, 0) is 14.2 Å².